The highest BCUT2D eigenvalue weighted by atomic mass is 79.9. The third kappa shape index (κ3) is 3.66. The molecule has 0 atom stereocenters. The molecule has 84 valence electrons. The van der Waals surface area contributed by atoms with Gasteiger partial charge < -0.3 is 5.32 Å². The van der Waals surface area contributed by atoms with Gasteiger partial charge in [-0.1, -0.05) is 6.92 Å². The predicted molar refractivity (Wildman–Crippen MR) is 62.4 cm³/mol. The molecule has 0 saturated heterocycles. The number of hydrogen-bond donors (Lipinski definition) is 1. The van der Waals surface area contributed by atoms with Crippen molar-refractivity contribution in [3.63, 3.8) is 0 Å². The third-order valence-electron chi connectivity index (χ3n) is 2.04. The minimum atomic E-state index is 0.0791. The van der Waals surface area contributed by atoms with Gasteiger partial charge in [0.15, 0.2) is 0 Å². The van der Waals surface area contributed by atoms with Crippen molar-refractivity contribution in [2.24, 2.45) is 0 Å². The van der Waals surface area contributed by atoms with E-state index < -0.39 is 0 Å². The number of amides is 1. The van der Waals surface area contributed by atoms with Crippen LogP contribution in [0.2, 0.25) is 0 Å². The maximum absolute atomic E-state index is 11.2. The smallest absolute Gasteiger partial charge is 0.220 e. The fourth-order valence-corrected chi connectivity index (χ4v) is 1.67. The monoisotopic (exact) mass is 273 g/mol. The summed E-state index contributed by atoms with van der Waals surface area (Å²) in [5, 5.41) is 7.15. The first-order valence-corrected chi connectivity index (χ1v) is 5.95. The fourth-order valence-electron chi connectivity index (χ4n) is 1.22. The standard InChI is InChI=1S/C10H16BrN3O/c1-3-5-10(15)12-6-9-8(11)7-14(4-2)13-9/h7H,3-6H2,1-2H3,(H,12,15). The van der Waals surface area contributed by atoms with E-state index in [1.807, 2.05) is 24.7 Å². The molecule has 0 unspecified atom stereocenters. The summed E-state index contributed by atoms with van der Waals surface area (Å²) < 4.78 is 2.78. The molecule has 0 fully saturated rings. The first-order chi connectivity index (χ1) is 7.17. The largest absolute Gasteiger partial charge is 0.350 e. The van der Waals surface area contributed by atoms with Gasteiger partial charge in [0.25, 0.3) is 0 Å². The highest BCUT2D eigenvalue weighted by Crippen LogP contribution is 2.14. The Bertz CT molecular complexity index is 335. The lowest BCUT2D eigenvalue weighted by molar-refractivity contribution is -0.121. The highest BCUT2D eigenvalue weighted by molar-refractivity contribution is 9.10. The predicted octanol–water partition coefficient (Wildman–Crippen LogP) is 2.08. The van der Waals surface area contributed by atoms with Crippen LogP contribution < -0.4 is 5.32 Å². The van der Waals surface area contributed by atoms with Crippen LogP contribution in [0.15, 0.2) is 10.7 Å². The van der Waals surface area contributed by atoms with E-state index in [9.17, 15) is 4.79 Å². The molecule has 0 bridgehead atoms. The molecule has 1 aromatic rings. The number of rotatable bonds is 5. The number of carbonyl (C=O) groups excluding carboxylic acids is 1. The topological polar surface area (TPSA) is 46.9 Å². The second kappa shape index (κ2) is 5.90. The van der Waals surface area contributed by atoms with E-state index in [1.54, 1.807) is 0 Å². The number of aromatic nitrogens is 2. The summed E-state index contributed by atoms with van der Waals surface area (Å²) in [7, 11) is 0. The molecule has 0 aromatic carbocycles. The Labute approximate surface area is 98.2 Å². The van der Waals surface area contributed by atoms with E-state index in [4.69, 9.17) is 0 Å². The van der Waals surface area contributed by atoms with Crippen LogP contribution in [0.5, 0.6) is 0 Å². The average molecular weight is 274 g/mol. The molecular formula is C10H16BrN3O. The van der Waals surface area contributed by atoms with Crippen LogP contribution in [0.1, 0.15) is 32.4 Å². The van der Waals surface area contributed by atoms with Crippen LogP contribution in [-0.4, -0.2) is 15.7 Å². The Morgan fingerprint density at radius 3 is 2.87 bits per heavy atom. The van der Waals surface area contributed by atoms with Crippen LogP contribution in [-0.2, 0) is 17.9 Å². The van der Waals surface area contributed by atoms with Crippen molar-refractivity contribution >= 4 is 21.8 Å². The molecule has 0 spiro atoms. The second-order valence-corrected chi connectivity index (χ2v) is 4.16. The van der Waals surface area contributed by atoms with E-state index in [-0.39, 0.29) is 5.91 Å². The van der Waals surface area contributed by atoms with Crippen LogP contribution in [0.4, 0.5) is 0 Å². The molecule has 1 aromatic heterocycles. The number of hydrogen-bond acceptors (Lipinski definition) is 2. The molecule has 4 nitrogen and oxygen atoms in total. The lowest BCUT2D eigenvalue weighted by Crippen LogP contribution is -2.22. The van der Waals surface area contributed by atoms with Gasteiger partial charge in [0.05, 0.1) is 16.7 Å². The van der Waals surface area contributed by atoms with Gasteiger partial charge in [-0.15, -0.1) is 0 Å². The second-order valence-electron chi connectivity index (χ2n) is 3.31. The molecule has 0 radical (unpaired) electrons. The molecule has 15 heavy (non-hydrogen) atoms. The normalized spacial score (nSPS) is 10.3. The maximum Gasteiger partial charge on any atom is 0.220 e. The maximum atomic E-state index is 11.2. The lowest BCUT2D eigenvalue weighted by atomic mass is 10.3. The summed E-state index contributed by atoms with van der Waals surface area (Å²) in [5.41, 5.74) is 0.876. The highest BCUT2D eigenvalue weighted by Gasteiger charge is 2.06. The zero-order valence-electron chi connectivity index (χ0n) is 9.09. The molecule has 0 aliphatic rings. The van der Waals surface area contributed by atoms with Gasteiger partial charge in [0.1, 0.15) is 0 Å². The van der Waals surface area contributed by atoms with E-state index in [1.165, 1.54) is 0 Å². The van der Waals surface area contributed by atoms with Crippen LogP contribution in [0.25, 0.3) is 0 Å². The molecule has 1 N–H and O–H groups in total. The van der Waals surface area contributed by atoms with Crippen LogP contribution in [0.3, 0.4) is 0 Å². The minimum Gasteiger partial charge on any atom is -0.350 e. The van der Waals surface area contributed by atoms with Gasteiger partial charge in [-0.3, -0.25) is 9.48 Å². The van der Waals surface area contributed by atoms with Crippen LogP contribution in [0, 0.1) is 0 Å². The van der Waals surface area contributed by atoms with Gasteiger partial charge in [-0.2, -0.15) is 5.10 Å². The summed E-state index contributed by atoms with van der Waals surface area (Å²) in [5.74, 6) is 0.0791. The van der Waals surface area contributed by atoms with Crippen molar-refractivity contribution in [2.45, 2.75) is 39.8 Å². The average Bonchev–Trinajstić information content (AvgIpc) is 2.57. The van der Waals surface area contributed by atoms with Gasteiger partial charge in [-0.05, 0) is 29.3 Å². The van der Waals surface area contributed by atoms with E-state index in [0.29, 0.717) is 13.0 Å². The van der Waals surface area contributed by atoms with Crippen molar-refractivity contribution in [3.8, 4) is 0 Å². The summed E-state index contributed by atoms with van der Waals surface area (Å²) in [6.45, 7) is 5.34. The Balaban J connectivity index is 2.49. The summed E-state index contributed by atoms with van der Waals surface area (Å²) in [6.07, 6.45) is 3.36. The SMILES string of the molecule is CCCC(=O)NCc1nn(CC)cc1Br. The Morgan fingerprint density at radius 2 is 2.33 bits per heavy atom. The molecule has 0 saturated carbocycles. The Hall–Kier alpha value is -0.840. The summed E-state index contributed by atoms with van der Waals surface area (Å²) >= 11 is 3.41. The molecule has 0 aliphatic carbocycles. The summed E-state index contributed by atoms with van der Waals surface area (Å²) in [4.78, 5) is 11.2. The zero-order valence-corrected chi connectivity index (χ0v) is 10.7. The van der Waals surface area contributed by atoms with Crippen molar-refractivity contribution < 1.29 is 4.79 Å². The van der Waals surface area contributed by atoms with Crippen molar-refractivity contribution in [1.82, 2.24) is 15.1 Å². The molecule has 0 aliphatic heterocycles. The first kappa shape index (κ1) is 12.2. The van der Waals surface area contributed by atoms with E-state index in [0.717, 1.165) is 23.1 Å². The molecule has 1 rings (SSSR count). The van der Waals surface area contributed by atoms with Crippen molar-refractivity contribution in [2.75, 3.05) is 0 Å². The minimum absolute atomic E-state index is 0.0791. The zero-order chi connectivity index (χ0) is 11.3. The number of carbonyl (C=O) groups is 1. The summed E-state index contributed by atoms with van der Waals surface area (Å²) in [6, 6.07) is 0. The number of aryl methyl sites for hydroxylation is 1. The third-order valence-corrected chi connectivity index (χ3v) is 2.70. The van der Waals surface area contributed by atoms with Crippen molar-refractivity contribution in [1.29, 1.82) is 0 Å². The Kier molecular flexibility index (Phi) is 4.81. The molecule has 1 amide bonds. The lowest BCUT2D eigenvalue weighted by Gasteiger charge is -2.01. The molecular weight excluding hydrogens is 258 g/mol. The van der Waals surface area contributed by atoms with Gasteiger partial charge in [0.2, 0.25) is 5.91 Å². The van der Waals surface area contributed by atoms with E-state index in [2.05, 4.69) is 26.3 Å². The number of nitrogens with zero attached hydrogens (tertiary/aromatic N) is 2. The fraction of sp³-hybridized carbons (Fsp3) is 0.600. The quantitative estimate of drug-likeness (QED) is 0.893. The van der Waals surface area contributed by atoms with Gasteiger partial charge >= 0.3 is 0 Å². The number of nitrogens with one attached hydrogen (secondary N) is 1. The first-order valence-electron chi connectivity index (χ1n) is 5.15. The molecule has 1 heterocycles. The van der Waals surface area contributed by atoms with Crippen molar-refractivity contribution in [3.05, 3.63) is 16.4 Å². The van der Waals surface area contributed by atoms with Crippen LogP contribution >= 0.6 is 15.9 Å². The van der Waals surface area contributed by atoms with Gasteiger partial charge in [0, 0.05) is 19.2 Å². The van der Waals surface area contributed by atoms with E-state index >= 15 is 0 Å². The number of halogens is 1. The Morgan fingerprint density at radius 1 is 1.60 bits per heavy atom. The van der Waals surface area contributed by atoms with Gasteiger partial charge in [-0.25, -0.2) is 0 Å². The molecule has 5 heteroatoms.